The van der Waals surface area contributed by atoms with Crippen LogP contribution in [-0.2, 0) is 0 Å². The molecule has 104 valence electrons. The van der Waals surface area contributed by atoms with E-state index in [9.17, 15) is 10.1 Å². The normalized spacial score (nSPS) is 11.9. The van der Waals surface area contributed by atoms with Gasteiger partial charge in [0.2, 0.25) is 0 Å². The van der Waals surface area contributed by atoms with Crippen LogP contribution in [0.25, 0.3) is 0 Å². The summed E-state index contributed by atoms with van der Waals surface area (Å²) in [6, 6.07) is 9.25. The van der Waals surface area contributed by atoms with Crippen LogP contribution in [-0.4, -0.2) is 9.91 Å². The first kappa shape index (κ1) is 13.8. The Morgan fingerprint density at radius 3 is 2.55 bits per heavy atom. The van der Waals surface area contributed by atoms with E-state index in [4.69, 9.17) is 5.73 Å². The zero-order chi connectivity index (χ0) is 14.7. The molecule has 0 radical (unpaired) electrons. The molecule has 3 N–H and O–H groups in total. The van der Waals surface area contributed by atoms with E-state index < -0.39 is 4.92 Å². The van der Waals surface area contributed by atoms with Crippen molar-refractivity contribution in [2.75, 3.05) is 11.1 Å². The van der Waals surface area contributed by atoms with Crippen molar-refractivity contribution in [1.82, 2.24) is 4.98 Å². The second kappa shape index (κ2) is 5.56. The highest BCUT2D eigenvalue weighted by atomic mass is 16.6. The minimum Gasteiger partial charge on any atom is -0.399 e. The predicted molar refractivity (Wildman–Crippen MR) is 78.5 cm³/mol. The summed E-state index contributed by atoms with van der Waals surface area (Å²) < 4.78 is 0. The number of nitrogen functional groups attached to an aromatic ring is 1. The van der Waals surface area contributed by atoms with Gasteiger partial charge >= 0.3 is 0 Å². The maximum Gasteiger partial charge on any atom is 0.290 e. The number of aryl methyl sites for hydroxylation is 1. The van der Waals surface area contributed by atoms with E-state index in [0.29, 0.717) is 17.1 Å². The molecule has 1 heterocycles. The number of nitro groups is 1. The average molecular weight is 272 g/mol. The van der Waals surface area contributed by atoms with Crippen LogP contribution in [0.4, 0.5) is 17.2 Å². The Bertz CT molecular complexity index is 626. The summed E-state index contributed by atoms with van der Waals surface area (Å²) in [4.78, 5) is 14.4. The Balaban J connectivity index is 2.15. The molecule has 20 heavy (non-hydrogen) atoms. The van der Waals surface area contributed by atoms with Crippen LogP contribution in [0, 0.1) is 17.0 Å². The molecular formula is C14H16N4O2. The average Bonchev–Trinajstić information content (AvgIpc) is 2.39. The van der Waals surface area contributed by atoms with Gasteiger partial charge in [-0.1, -0.05) is 12.1 Å². The fourth-order valence-corrected chi connectivity index (χ4v) is 1.91. The third-order valence-corrected chi connectivity index (χ3v) is 3.08. The van der Waals surface area contributed by atoms with Crippen LogP contribution >= 0.6 is 0 Å². The molecular weight excluding hydrogens is 256 g/mol. The van der Waals surface area contributed by atoms with Crippen LogP contribution < -0.4 is 11.1 Å². The van der Waals surface area contributed by atoms with Crippen LogP contribution in [0.5, 0.6) is 0 Å². The van der Waals surface area contributed by atoms with Gasteiger partial charge in [-0.25, -0.2) is 4.98 Å². The minimum atomic E-state index is -0.435. The monoisotopic (exact) mass is 272 g/mol. The molecule has 1 aromatic heterocycles. The Labute approximate surface area is 116 Å². The minimum absolute atomic E-state index is 0.0238. The van der Waals surface area contributed by atoms with Crippen molar-refractivity contribution in [3.05, 3.63) is 57.8 Å². The molecule has 1 unspecified atom stereocenters. The molecule has 0 bridgehead atoms. The fraction of sp³-hybridized carbons (Fsp3) is 0.214. The molecule has 0 spiro atoms. The molecule has 2 rings (SSSR count). The maximum atomic E-state index is 10.7. The number of benzene rings is 1. The van der Waals surface area contributed by atoms with Gasteiger partial charge in [-0.15, -0.1) is 0 Å². The number of hydrogen-bond donors (Lipinski definition) is 2. The number of pyridine rings is 1. The lowest BCUT2D eigenvalue weighted by molar-refractivity contribution is -0.385. The number of hydrogen-bond acceptors (Lipinski definition) is 5. The summed E-state index contributed by atoms with van der Waals surface area (Å²) >= 11 is 0. The van der Waals surface area contributed by atoms with Crippen molar-refractivity contribution >= 4 is 17.2 Å². The van der Waals surface area contributed by atoms with Crippen LogP contribution in [0.2, 0.25) is 0 Å². The standard InChI is InChI=1S/C14H16N4O2/c1-9-7-14(16-8-13(9)18(19)20)17-10(2)11-3-5-12(15)6-4-11/h3-8,10H,15H2,1-2H3,(H,16,17). The number of nitrogens with one attached hydrogen (secondary N) is 1. The smallest absolute Gasteiger partial charge is 0.290 e. The lowest BCUT2D eigenvalue weighted by Crippen LogP contribution is -2.08. The van der Waals surface area contributed by atoms with Gasteiger partial charge in [-0.05, 0) is 37.6 Å². The quantitative estimate of drug-likeness (QED) is 0.506. The molecule has 1 atom stereocenters. The zero-order valence-corrected chi connectivity index (χ0v) is 11.3. The number of anilines is 2. The predicted octanol–water partition coefficient (Wildman–Crippen LogP) is 3.05. The lowest BCUT2D eigenvalue weighted by Gasteiger charge is -2.15. The van der Waals surface area contributed by atoms with Crippen LogP contribution in [0.3, 0.4) is 0 Å². The molecule has 0 aliphatic carbocycles. The summed E-state index contributed by atoms with van der Waals surface area (Å²) in [5, 5.41) is 14.0. The number of aromatic nitrogens is 1. The highest BCUT2D eigenvalue weighted by Crippen LogP contribution is 2.23. The Morgan fingerprint density at radius 1 is 1.35 bits per heavy atom. The van der Waals surface area contributed by atoms with Gasteiger partial charge in [-0.3, -0.25) is 10.1 Å². The zero-order valence-electron chi connectivity index (χ0n) is 11.3. The number of rotatable bonds is 4. The Morgan fingerprint density at radius 2 is 2.00 bits per heavy atom. The molecule has 6 heteroatoms. The van der Waals surface area contributed by atoms with Gasteiger partial charge in [0.15, 0.2) is 0 Å². The molecule has 1 aromatic carbocycles. The second-order valence-electron chi connectivity index (χ2n) is 4.65. The first-order valence-corrected chi connectivity index (χ1v) is 6.20. The summed E-state index contributed by atoms with van der Waals surface area (Å²) in [5.41, 5.74) is 8.03. The van der Waals surface area contributed by atoms with Crippen molar-refractivity contribution in [2.45, 2.75) is 19.9 Å². The van der Waals surface area contributed by atoms with Gasteiger partial charge in [0, 0.05) is 17.3 Å². The van der Waals surface area contributed by atoms with Gasteiger partial charge in [0.05, 0.1) is 4.92 Å². The molecule has 0 amide bonds. The van der Waals surface area contributed by atoms with Crippen molar-refractivity contribution < 1.29 is 4.92 Å². The third kappa shape index (κ3) is 3.03. The first-order valence-electron chi connectivity index (χ1n) is 6.20. The van der Waals surface area contributed by atoms with Crippen molar-refractivity contribution in [1.29, 1.82) is 0 Å². The summed E-state index contributed by atoms with van der Waals surface area (Å²) in [5.74, 6) is 0.609. The van der Waals surface area contributed by atoms with Crippen molar-refractivity contribution in [3.63, 3.8) is 0 Å². The maximum absolute atomic E-state index is 10.7. The highest BCUT2D eigenvalue weighted by Gasteiger charge is 2.13. The molecule has 0 saturated carbocycles. The largest absolute Gasteiger partial charge is 0.399 e. The van der Waals surface area contributed by atoms with E-state index in [1.54, 1.807) is 13.0 Å². The molecule has 0 aliphatic heterocycles. The molecule has 2 aromatic rings. The van der Waals surface area contributed by atoms with Gasteiger partial charge in [-0.2, -0.15) is 0 Å². The lowest BCUT2D eigenvalue weighted by atomic mass is 10.1. The van der Waals surface area contributed by atoms with Crippen molar-refractivity contribution in [2.24, 2.45) is 0 Å². The van der Waals surface area contributed by atoms with Gasteiger partial charge in [0.1, 0.15) is 12.0 Å². The summed E-state index contributed by atoms with van der Waals surface area (Å²) in [7, 11) is 0. The van der Waals surface area contributed by atoms with Gasteiger partial charge < -0.3 is 11.1 Å². The van der Waals surface area contributed by atoms with E-state index in [0.717, 1.165) is 5.56 Å². The fourth-order valence-electron chi connectivity index (χ4n) is 1.91. The molecule has 0 aliphatic rings. The van der Waals surface area contributed by atoms with E-state index >= 15 is 0 Å². The number of nitrogens with zero attached hydrogens (tertiary/aromatic N) is 2. The summed E-state index contributed by atoms with van der Waals surface area (Å²) in [6.07, 6.45) is 1.27. The van der Waals surface area contributed by atoms with E-state index in [2.05, 4.69) is 10.3 Å². The molecule has 0 fully saturated rings. The van der Waals surface area contributed by atoms with Crippen LogP contribution in [0.15, 0.2) is 36.5 Å². The van der Waals surface area contributed by atoms with E-state index in [1.165, 1.54) is 6.20 Å². The van der Waals surface area contributed by atoms with Gasteiger partial charge in [0.25, 0.3) is 5.69 Å². The first-order chi connectivity index (χ1) is 9.47. The van der Waals surface area contributed by atoms with Crippen molar-refractivity contribution in [3.8, 4) is 0 Å². The van der Waals surface area contributed by atoms with E-state index in [1.807, 2.05) is 31.2 Å². The van der Waals surface area contributed by atoms with E-state index in [-0.39, 0.29) is 11.7 Å². The highest BCUT2D eigenvalue weighted by molar-refractivity contribution is 5.48. The SMILES string of the molecule is Cc1cc(NC(C)c2ccc(N)cc2)ncc1[N+](=O)[O-]. The number of nitrogens with two attached hydrogens (primary N) is 1. The third-order valence-electron chi connectivity index (χ3n) is 3.08. The molecule has 0 saturated heterocycles. The molecule has 6 nitrogen and oxygen atoms in total. The Hall–Kier alpha value is -2.63. The topological polar surface area (TPSA) is 94.1 Å². The second-order valence-corrected chi connectivity index (χ2v) is 4.65. The summed E-state index contributed by atoms with van der Waals surface area (Å²) in [6.45, 7) is 3.68. The van der Waals surface area contributed by atoms with Crippen LogP contribution in [0.1, 0.15) is 24.1 Å². The Kier molecular flexibility index (Phi) is 3.84.